The minimum Gasteiger partial charge on any atom is -0.491 e. The van der Waals surface area contributed by atoms with Gasteiger partial charge in [0.25, 0.3) is 0 Å². The molecule has 0 amide bonds. The lowest BCUT2D eigenvalue weighted by molar-refractivity contribution is 0.0696. The number of halogens is 2. The Labute approximate surface area is 388 Å². The van der Waals surface area contributed by atoms with Crippen molar-refractivity contribution >= 4 is 57.4 Å². The second kappa shape index (κ2) is 19.0. The largest absolute Gasteiger partial charge is 0.491 e. The number of carboxylic acids is 1. The molecular weight excluding hydrogens is 866 g/mol. The Morgan fingerprint density at radius 3 is 2.42 bits per heavy atom. The molecule has 13 heteroatoms. The Balaban J connectivity index is 0.750. The number of aromatic carboxylic acids is 1. The third-order valence-corrected chi connectivity index (χ3v) is 14.2. The van der Waals surface area contributed by atoms with Crippen LogP contribution in [0.2, 0.25) is 10.0 Å². The summed E-state index contributed by atoms with van der Waals surface area (Å²) in [6.45, 7) is 12.8. The Hall–Kier alpha value is -5.30. The third-order valence-electron chi connectivity index (χ3n) is 12.5. The Morgan fingerprint density at radius 1 is 0.875 bits per heavy atom. The number of fused-ring (bicyclic) bond motifs is 4. The zero-order valence-corrected chi connectivity index (χ0v) is 38.8. The summed E-state index contributed by atoms with van der Waals surface area (Å²) in [7, 11) is 0. The highest BCUT2D eigenvalue weighted by Gasteiger charge is 2.30. The number of benzene rings is 4. The summed E-state index contributed by atoms with van der Waals surface area (Å²) in [5.41, 5.74) is 10.9. The quantitative estimate of drug-likeness (QED) is 0.108. The molecule has 1 fully saturated rings. The van der Waals surface area contributed by atoms with Crippen LogP contribution >= 0.6 is 34.5 Å². The molecule has 1 aliphatic carbocycles. The lowest BCUT2D eigenvalue weighted by Gasteiger charge is -2.19. The van der Waals surface area contributed by atoms with Gasteiger partial charge in [-0.3, -0.25) is 14.5 Å². The van der Waals surface area contributed by atoms with Gasteiger partial charge >= 0.3 is 5.97 Å². The molecule has 4 aromatic carbocycles. The van der Waals surface area contributed by atoms with E-state index in [0.717, 1.165) is 130 Å². The average molecular weight is 917 g/mol. The van der Waals surface area contributed by atoms with Crippen LogP contribution in [-0.4, -0.2) is 82.0 Å². The van der Waals surface area contributed by atoms with Crippen LogP contribution in [0.5, 0.6) is 11.5 Å². The number of likely N-dealkylation sites (tertiary alicyclic amines) is 1. The normalized spacial score (nSPS) is 17.3. The van der Waals surface area contributed by atoms with E-state index in [-0.39, 0.29) is 12.1 Å². The SMILES string of the molecule is Cc1sc2c(c1C)C(c1ccc(OCCOCCCN3CC[C@H](Oc4ccc(C5=C(c6ccc(Cl)cc6Cl)CCCc6cc(C(=O)O)ccc65)cc4)C3)cc1)=N[C@@H](C)c1nnc(C)n1-2. The van der Waals surface area contributed by atoms with Gasteiger partial charge in [0.15, 0.2) is 5.82 Å². The number of aromatic nitrogens is 3. The van der Waals surface area contributed by atoms with Crippen LogP contribution in [0.3, 0.4) is 0 Å². The standard InChI is InChI=1S/C51H51Cl2N5O5S/c1-30-32(3)64-50-46(30)48(54-31(2)49-56-55-33(4)58(49)50)35-11-15-39(16-12-35)62-26-25-61-24-6-22-57-23-21-41(29-57)63-40-17-9-34(10-18-40)47-42-19-13-37(51(59)60)27-36(42)7-5-8-44(47)43-20-14-38(52)28-45(43)53/h9-20,27-28,31,41H,5-8,21-26,29H2,1-4H3,(H,59,60)/t31-,41-/m0/s1. The second-order valence-corrected chi connectivity index (χ2v) is 18.8. The smallest absolute Gasteiger partial charge is 0.335 e. The fourth-order valence-corrected chi connectivity index (χ4v) is 10.9. The summed E-state index contributed by atoms with van der Waals surface area (Å²) >= 11 is 14.8. The lowest BCUT2D eigenvalue weighted by atomic mass is 9.87. The number of rotatable bonds is 14. The monoisotopic (exact) mass is 915 g/mol. The van der Waals surface area contributed by atoms with Crippen molar-refractivity contribution in [2.24, 2.45) is 4.99 Å². The number of hydrogen-bond acceptors (Lipinski definition) is 9. The van der Waals surface area contributed by atoms with E-state index in [1.165, 1.54) is 10.4 Å². The minimum absolute atomic E-state index is 0.103. The topological polar surface area (TPSA) is 111 Å². The maximum atomic E-state index is 11.9. The Morgan fingerprint density at radius 2 is 1.64 bits per heavy atom. The number of hydrogen-bond donors (Lipinski definition) is 1. The molecule has 2 aromatic heterocycles. The van der Waals surface area contributed by atoms with E-state index >= 15 is 0 Å². The first kappa shape index (κ1) is 43.9. The molecule has 1 N–H and O–H groups in total. The first-order valence-electron chi connectivity index (χ1n) is 22.0. The number of allylic oxidation sites excluding steroid dienone is 1. The van der Waals surface area contributed by atoms with E-state index in [1.807, 2.05) is 49.4 Å². The molecule has 0 bridgehead atoms. The van der Waals surface area contributed by atoms with Crippen LogP contribution in [0.4, 0.5) is 0 Å². The van der Waals surface area contributed by atoms with E-state index in [9.17, 15) is 9.90 Å². The number of aryl methyl sites for hydroxylation is 3. The molecule has 9 rings (SSSR count). The molecule has 1 saturated heterocycles. The molecule has 0 saturated carbocycles. The highest BCUT2D eigenvalue weighted by atomic mass is 35.5. The van der Waals surface area contributed by atoms with Crippen molar-refractivity contribution in [3.05, 3.63) is 156 Å². The molecule has 3 aliphatic rings. The van der Waals surface area contributed by atoms with Gasteiger partial charge in [-0.1, -0.05) is 47.5 Å². The zero-order chi connectivity index (χ0) is 44.5. The van der Waals surface area contributed by atoms with E-state index in [4.69, 9.17) is 42.4 Å². The molecule has 0 radical (unpaired) electrons. The highest BCUT2D eigenvalue weighted by molar-refractivity contribution is 7.15. The second-order valence-electron chi connectivity index (χ2n) is 16.8. The summed E-state index contributed by atoms with van der Waals surface area (Å²) in [4.78, 5) is 20.7. The summed E-state index contributed by atoms with van der Waals surface area (Å²) in [5.74, 6) is 2.43. The fourth-order valence-electron chi connectivity index (χ4n) is 9.14. The number of carbonyl (C=O) groups is 1. The lowest BCUT2D eigenvalue weighted by Crippen LogP contribution is -2.26. The molecule has 4 heterocycles. The first-order valence-corrected chi connectivity index (χ1v) is 23.6. The van der Waals surface area contributed by atoms with Gasteiger partial charge in [0, 0.05) is 52.3 Å². The number of ether oxygens (including phenoxy) is 3. The van der Waals surface area contributed by atoms with E-state index in [1.54, 1.807) is 29.5 Å². The van der Waals surface area contributed by atoms with Crippen LogP contribution in [0.1, 0.15) is 104 Å². The van der Waals surface area contributed by atoms with Gasteiger partial charge in [-0.05, 0) is 159 Å². The first-order chi connectivity index (χ1) is 31.0. The molecule has 6 aromatic rings. The van der Waals surface area contributed by atoms with Crippen molar-refractivity contribution in [3.63, 3.8) is 0 Å². The maximum absolute atomic E-state index is 11.9. The van der Waals surface area contributed by atoms with Crippen molar-refractivity contribution in [1.29, 1.82) is 0 Å². The summed E-state index contributed by atoms with van der Waals surface area (Å²) in [5, 5.41) is 20.9. The van der Waals surface area contributed by atoms with Gasteiger partial charge in [0.2, 0.25) is 0 Å². The molecule has 10 nitrogen and oxygen atoms in total. The van der Waals surface area contributed by atoms with Gasteiger partial charge in [0.1, 0.15) is 41.1 Å². The van der Waals surface area contributed by atoms with Crippen LogP contribution in [-0.2, 0) is 11.2 Å². The van der Waals surface area contributed by atoms with Gasteiger partial charge in [0.05, 0.1) is 17.9 Å². The molecule has 2 aliphatic heterocycles. The van der Waals surface area contributed by atoms with E-state index < -0.39 is 5.97 Å². The Bertz CT molecular complexity index is 2760. The number of aliphatic imine (C=N–C) groups is 1. The van der Waals surface area contributed by atoms with Crippen molar-refractivity contribution in [1.82, 2.24) is 19.7 Å². The number of carboxylic acid groups (broad SMARTS) is 1. The Kier molecular flexibility index (Phi) is 13.1. The number of nitrogens with zero attached hydrogens (tertiary/aromatic N) is 5. The average Bonchev–Trinajstić information content (AvgIpc) is 3.92. The molecule has 0 unspecified atom stereocenters. The fraction of sp³-hybridized carbons (Fsp3) is 0.333. The van der Waals surface area contributed by atoms with Crippen molar-refractivity contribution in [2.75, 3.05) is 39.5 Å². The van der Waals surface area contributed by atoms with Crippen molar-refractivity contribution < 1.29 is 24.1 Å². The summed E-state index contributed by atoms with van der Waals surface area (Å²) in [6.07, 6.45) is 4.42. The van der Waals surface area contributed by atoms with Crippen LogP contribution in [0, 0.1) is 20.8 Å². The predicted molar refractivity (Wildman–Crippen MR) is 256 cm³/mol. The van der Waals surface area contributed by atoms with E-state index in [0.29, 0.717) is 35.4 Å². The molecule has 0 spiro atoms. The zero-order valence-electron chi connectivity index (χ0n) is 36.5. The van der Waals surface area contributed by atoms with Crippen molar-refractivity contribution in [2.45, 2.75) is 71.9 Å². The summed E-state index contributed by atoms with van der Waals surface area (Å²) in [6, 6.07) is 27.4. The molecule has 330 valence electrons. The maximum Gasteiger partial charge on any atom is 0.335 e. The van der Waals surface area contributed by atoms with Gasteiger partial charge in [-0.15, -0.1) is 21.5 Å². The van der Waals surface area contributed by atoms with Crippen LogP contribution in [0.25, 0.3) is 16.1 Å². The van der Waals surface area contributed by atoms with Gasteiger partial charge in [-0.25, -0.2) is 4.79 Å². The minimum atomic E-state index is -0.929. The highest BCUT2D eigenvalue weighted by Crippen LogP contribution is 2.43. The molecule has 64 heavy (non-hydrogen) atoms. The van der Waals surface area contributed by atoms with Crippen LogP contribution in [0.15, 0.2) is 89.9 Å². The van der Waals surface area contributed by atoms with Crippen molar-refractivity contribution in [3.8, 4) is 16.5 Å². The van der Waals surface area contributed by atoms with Gasteiger partial charge < -0.3 is 19.3 Å². The number of thiophene rings is 1. The molecule has 2 atom stereocenters. The van der Waals surface area contributed by atoms with Crippen LogP contribution < -0.4 is 9.47 Å². The summed E-state index contributed by atoms with van der Waals surface area (Å²) < 4.78 is 20.7. The predicted octanol–water partition coefficient (Wildman–Crippen LogP) is 11.4. The van der Waals surface area contributed by atoms with E-state index in [2.05, 4.69) is 64.7 Å². The molecular formula is C51H51Cl2N5O5S. The third kappa shape index (κ3) is 9.14. The van der Waals surface area contributed by atoms with Gasteiger partial charge in [-0.2, -0.15) is 0 Å².